The van der Waals surface area contributed by atoms with Crippen molar-refractivity contribution in [2.45, 2.75) is 20.4 Å². The molecular formula is C15H14FN3OS. The molecule has 0 unspecified atom stereocenters. The highest BCUT2D eigenvalue weighted by molar-refractivity contribution is 7.18. The van der Waals surface area contributed by atoms with Crippen molar-refractivity contribution in [3.05, 3.63) is 56.7 Å². The van der Waals surface area contributed by atoms with Crippen LogP contribution in [0.5, 0.6) is 0 Å². The van der Waals surface area contributed by atoms with Gasteiger partial charge < -0.3 is 10.3 Å². The third kappa shape index (κ3) is 2.54. The van der Waals surface area contributed by atoms with Gasteiger partial charge in [-0.2, -0.15) is 0 Å². The molecule has 2 N–H and O–H groups in total. The Morgan fingerprint density at radius 1 is 1.33 bits per heavy atom. The molecule has 0 amide bonds. The van der Waals surface area contributed by atoms with Crippen molar-refractivity contribution >= 4 is 27.2 Å². The summed E-state index contributed by atoms with van der Waals surface area (Å²) in [7, 11) is 0. The minimum absolute atomic E-state index is 0.146. The van der Waals surface area contributed by atoms with E-state index in [4.69, 9.17) is 0 Å². The first-order valence-corrected chi connectivity index (χ1v) is 7.35. The molecule has 0 bridgehead atoms. The SMILES string of the molecule is Cc1sc2nc(CNc3ccccc3F)[nH]c(=O)c2c1C. The van der Waals surface area contributed by atoms with Crippen molar-refractivity contribution < 1.29 is 4.39 Å². The zero-order valence-electron chi connectivity index (χ0n) is 11.7. The van der Waals surface area contributed by atoms with Gasteiger partial charge in [-0.25, -0.2) is 9.37 Å². The predicted octanol–water partition coefficient (Wildman–Crippen LogP) is 3.35. The first-order valence-electron chi connectivity index (χ1n) is 6.53. The van der Waals surface area contributed by atoms with Crippen molar-refractivity contribution in [1.29, 1.82) is 0 Å². The number of H-pyrrole nitrogens is 1. The summed E-state index contributed by atoms with van der Waals surface area (Å²) in [6, 6.07) is 6.40. The van der Waals surface area contributed by atoms with Crippen LogP contribution in [0.25, 0.3) is 10.2 Å². The van der Waals surface area contributed by atoms with E-state index in [1.807, 2.05) is 13.8 Å². The number of anilines is 1. The van der Waals surface area contributed by atoms with Crippen LogP contribution < -0.4 is 10.9 Å². The lowest BCUT2D eigenvalue weighted by Crippen LogP contribution is -2.14. The highest BCUT2D eigenvalue weighted by atomic mass is 32.1. The molecular weight excluding hydrogens is 289 g/mol. The summed E-state index contributed by atoms with van der Waals surface area (Å²) in [5.74, 6) is 0.167. The van der Waals surface area contributed by atoms with Gasteiger partial charge in [0.25, 0.3) is 5.56 Å². The molecule has 0 aliphatic rings. The fourth-order valence-corrected chi connectivity index (χ4v) is 3.22. The maximum atomic E-state index is 13.5. The standard InChI is InChI=1S/C15H14FN3OS/c1-8-9(2)21-15-13(8)14(20)18-12(19-15)7-17-11-6-4-3-5-10(11)16/h3-6,17H,7H2,1-2H3,(H,18,19,20). The van der Waals surface area contributed by atoms with E-state index in [-0.39, 0.29) is 17.9 Å². The van der Waals surface area contributed by atoms with E-state index in [0.717, 1.165) is 15.3 Å². The Hall–Kier alpha value is -2.21. The number of fused-ring (bicyclic) bond motifs is 1. The van der Waals surface area contributed by atoms with Gasteiger partial charge in [0.15, 0.2) is 0 Å². The fourth-order valence-electron chi connectivity index (χ4n) is 2.17. The summed E-state index contributed by atoms with van der Waals surface area (Å²) in [6.45, 7) is 4.16. The molecule has 108 valence electrons. The first kappa shape index (κ1) is 13.8. The number of nitrogens with one attached hydrogen (secondary N) is 2. The van der Waals surface area contributed by atoms with E-state index in [0.29, 0.717) is 16.9 Å². The lowest BCUT2D eigenvalue weighted by atomic mass is 10.2. The molecule has 0 saturated heterocycles. The highest BCUT2D eigenvalue weighted by Gasteiger charge is 2.11. The third-order valence-electron chi connectivity index (χ3n) is 3.41. The molecule has 0 saturated carbocycles. The lowest BCUT2D eigenvalue weighted by molar-refractivity contribution is 0.630. The molecule has 4 nitrogen and oxygen atoms in total. The highest BCUT2D eigenvalue weighted by Crippen LogP contribution is 2.25. The summed E-state index contributed by atoms with van der Waals surface area (Å²) in [6.07, 6.45) is 0. The third-order valence-corrected chi connectivity index (χ3v) is 4.51. The smallest absolute Gasteiger partial charge is 0.259 e. The second kappa shape index (κ2) is 5.29. The van der Waals surface area contributed by atoms with Crippen LogP contribution in [0, 0.1) is 19.7 Å². The van der Waals surface area contributed by atoms with Crippen molar-refractivity contribution in [3.63, 3.8) is 0 Å². The van der Waals surface area contributed by atoms with Crippen molar-refractivity contribution in [2.24, 2.45) is 0 Å². The molecule has 0 spiro atoms. The predicted molar refractivity (Wildman–Crippen MR) is 83.4 cm³/mol. The van der Waals surface area contributed by atoms with Crippen LogP contribution in [0.1, 0.15) is 16.3 Å². The molecule has 0 fully saturated rings. The zero-order valence-corrected chi connectivity index (χ0v) is 12.5. The van der Waals surface area contributed by atoms with Gasteiger partial charge in [0.2, 0.25) is 0 Å². The Morgan fingerprint density at radius 3 is 2.86 bits per heavy atom. The van der Waals surface area contributed by atoms with Crippen LogP contribution in [0.2, 0.25) is 0 Å². The van der Waals surface area contributed by atoms with Crippen LogP contribution in [0.3, 0.4) is 0 Å². The maximum Gasteiger partial charge on any atom is 0.259 e. The van der Waals surface area contributed by atoms with Crippen LogP contribution in [-0.2, 0) is 6.54 Å². The van der Waals surface area contributed by atoms with Gasteiger partial charge in [-0.3, -0.25) is 4.79 Å². The van der Waals surface area contributed by atoms with E-state index >= 15 is 0 Å². The van der Waals surface area contributed by atoms with E-state index in [2.05, 4.69) is 15.3 Å². The molecule has 0 radical (unpaired) electrons. The van der Waals surface area contributed by atoms with Crippen molar-refractivity contribution in [2.75, 3.05) is 5.32 Å². The van der Waals surface area contributed by atoms with E-state index in [1.54, 1.807) is 18.2 Å². The topological polar surface area (TPSA) is 57.8 Å². The molecule has 2 heterocycles. The van der Waals surface area contributed by atoms with Crippen LogP contribution in [-0.4, -0.2) is 9.97 Å². The normalized spacial score (nSPS) is 11.0. The minimum Gasteiger partial charge on any atom is -0.375 e. The van der Waals surface area contributed by atoms with Crippen LogP contribution in [0.4, 0.5) is 10.1 Å². The van der Waals surface area contributed by atoms with Crippen LogP contribution in [0.15, 0.2) is 29.1 Å². The van der Waals surface area contributed by atoms with Gasteiger partial charge in [-0.1, -0.05) is 12.1 Å². The Morgan fingerprint density at radius 2 is 2.10 bits per heavy atom. The fraction of sp³-hybridized carbons (Fsp3) is 0.200. The Bertz CT molecular complexity index is 869. The zero-order chi connectivity index (χ0) is 15.0. The number of aromatic amines is 1. The molecule has 0 aliphatic carbocycles. The number of thiophene rings is 1. The number of aromatic nitrogens is 2. The number of benzene rings is 1. The molecule has 2 aromatic heterocycles. The Balaban J connectivity index is 1.92. The van der Waals surface area contributed by atoms with E-state index in [1.165, 1.54) is 17.4 Å². The molecule has 3 rings (SSSR count). The number of hydrogen-bond donors (Lipinski definition) is 2. The Labute approximate surface area is 124 Å². The number of halogens is 1. The molecule has 6 heteroatoms. The number of para-hydroxylation sites is 1. The lowest BCUT2D eigenvalue weighted by Gasteiger charge is -2.06. The summed E-state index contributed by atoms with van der Waals surface area (Å²) in [4.78, 5) is 21.1. The summed E-state index contributed by atoms with van der Waals surface area (Å²) >= 11 is 1.50. The second-order valence-electron chi connectivity index (χ2n) is 4.81. The van der Waals surface area contributed by atoms with E-state index < -0.39 is 0 Å². The second-order valence-corrected chi connectivity index (χ2v) is 6.01. The first-order chi connectivity index (χ1) is 10.1. The summed E-state index contributed by atoms with van der Waals surface area (Å²) in [5, 5.41) is 3.59. The number of hydrogen-bond acceptors (Lipinski definition) is 4. The minimum atomic E-state index is -0.330. The number of nitrogens with zero attached hydrogens (tertiary/aromatic N) is 1. The largest absolute Gasteiger partial charge is 0.375 e. The maximum absolute atomic E-state index is 13.5. The van der Waals surface area contributed by atoms with Gasteiger partial charge in [-0.15, -0.1) is 11.3 Å². The van der Waals surface area contributed by atoms with Crippen molar-refractivity contribution in [1.82, 2.24) is 9.97 Å². The summed E-state index contributed by atoms with van der Waals surface area (Å²) < 4.78 is 13.5. The molecule has 3 aromatic rings. The molecule has 1 aromatic carbocycles. The van der Waals surface area contributed by atoms with Gasteiger partial charge >= 0.3 is 0 Å². The van der Waals surface area contributed by atoms with Gasteiger partial charge in [0, 0.05) is 4.88 Å². The summed E-state index contributed by atoms with van der Waals surface area (Å²) in [5.41, 5.74) is 1.21. The van der Waals surface area contributed by atoms with Crippen LogP contribution >= 0.6 is 11.3 Å². The quantitative estimate of drug-likeness (QED) is 0.780. The molecule has 21 heavy (non-hydrogen) atoms. The molecule has 0 atom stereocenters. The van der Waals surface area contributed by atoms with Crippen molar-refractivity contribution in [3.8, 4) is 0 Å². The number of aryl methyl sites for hydroxylation is 2. The van der Waals surface area contributed by atoms with E-state index in [9.17, 15) is 9.18 Å². The Kier molecular flexibility index (Phi) is 3.47. The number of rotatable bonds is 3. The average molecular weight is 303 g/mol. The molecule has 0 aliphatic heterocycles. The average Bonchev–Trinajstić information content (AvgIpc) is 2.73. The van der Waals surface area contributed by atoms with Gasteiger partial charge in [0.1, 0.15) is 16.5 Å². The van der Waals surface area contributed by atoms with Gasteiger partial charge in [0.05, 0.1) is 17.6 Å². The van der Waals surface area contributed by atoms with Gasteiger partial charge in [-0.05, 0) is 31.5 Å². The monoisotopic (exact) mass is 303 g/mol.